The lowest BCUT2D eigenvalue weighted by molar-refractivity contribution is -0.144. The standard InChI is InChI=1S/C29H31N3O3/c1-20(24-14-9-15-25(18-24)31-21(2)33)30-29(35)26-16-17-27(34)32(19-22-10-5-3-6-11-22)28(26)23-12-7-4-8-13-23/h3-15,18,20,26,28H,16-17,19H2,1-2H3,(H,30,35)(H,31,33). The zero-order valence-electron chi connectivity index (χ0n) is 20.1. The number of anilines is 1. The Kier molecular flexibility index (Phi) is 7.60. The maximum atomic E-state index is 13.6. The quantitative estimate of drug-likeness (QED) is 0.511. The van der Waals surface area contributed by atoms with Gasteiger partial charge in [0.2, 0.25) is 17.7 Å². The second-order valence-electron chi connectivity index (χ2n) is 9.04. The monoisotopic (exact) mass is 469 g/mol. The SMILES string of the molecule is CC(=O)Nc1cccc(C(C)NC(=O)C2CCC(=O)N(Cc3ccccc3)C2c2ccccc2)c1. The lowest BCUT2D eigenvalue weighted by Gasteiger charge is -2.41. The Morgan fingerprint density at radius 3 is 2.34 bits per heavy atom. The fourth-order valence-corrected chi connectivity index (χ4v) is 4.75. The third-order valence-electron chi connectivity index (χ3n) is 6.45. The van der Waals surface area contributed by atoms with E-state index in [0.717, 1.165) is 16.7 Å². The fourth-order valence-electron chi connectivity index (χ4n) is 4.75. The Balaban J connectivity index is 1.58. The first kappa shape index (κ1) is 24.2. The van der Waals surface area contributed by atoms with Gasteiger partial charge in [-0.15, -0.1) is 0 Å². The van der Waals surface area contributed by atoms with Gasteiger partial charge in [0, 0.05) is 25.6 Å². The molecular weight excluding hydrogens is 438 g/mol. The third-order valence-corrected chi connectivity index (χ3v) is 6.45. The van der Waals surface area contributed by atoms with Crippen LogP contribution in [0, 0.1) is 5.92 Å². The molecule has 3 unspecified atom stereocenters. The number of carbonyl (C=O) groups excluding carboxylic acids is 3. The van der Waals surface area contributed by atoms with E-state index in [1.165, 1.54) is 6.92 Å². The molecule has 0 aliphatic carbocycles. The number of piperidine rings is 1. The summed E-state index contributed by atoms with van der Waals surface area (Å²) in [6.45, 7) is 3.85. The number of amides is 3. The predicted octanol–water partition coefficient (Wildman–Crippen LogP) is 5.00. The molecule has 180 valence electrons. The lowest BCUT2D eigenvalue weighted by atomic mass is 9.83. The summed E-state index contributed by atoms with van der Waals surface area (Å²) in [6, 6.07) is 26.5. The first-order chi connectivity index (χ1) is 16.9. The van der Waals surface area contributed by atoms with Crippen LogP contribution >= 0.6 is 0 Å². The number of carbonyl (C=O) groups is 3. The summed E-state index contributed by atoms with van der Waals surface area (Å²) in [5.41, 5.74) is 3.58. The van der Waals surface area contributed by atoms with Gasteiger partial charge in [0.25, 0.3) is 0 Å². The summed E-state index contributed by atoms with van der Waals surface area (Å²) in [6.07, 6.45) is 0.828. The third kappa shape index (κ3) is 5.96. The highest BCUT2D eigenvalue weighted by molar-refractivity contribution is 5.89. The van der Waals surface area contributed by atoms with E-state index in [1.807, 2.05) is 96.8 Å². The maximum Gasteiger partial charge on any atom is 0.226 e. The van der Waals surface area contributed by atoms with Gasteiger partial charge in [-0.25, -0.2) is 0 Å². The Morgan fingerprint density at radius 1 is 0.971 bits per heavy atom. The van der Waals surface area contributed by atoms with Gasteiger partial charge in [-0.2, -0.15) is 0 Å². The van der Waals surface area contributed by atoms with E-state index in [-0.39, 0.29) is 35.7 Å². The normalized spacial score (nSPS) is 18.6. The minimum atomic E-state index is -0.375. The van der Waals surface area contributed by atoms with Crippen molar-refractivity contribution in [3.8, 4) is 0 Å². The Labute approximate surface area is 206 Å². The van der Waals surface area contributed by atoms with Crippen molar-refractivity contribution in [2.24, 2.45) is 5.92 Å². The van der Waals surface area contributed by atoms with Crippen LogP contribution in [0.1, 0.15) is 55.5 Å². The first-order valence-electron chi connectivity index (χ1n) is 12.0. The molecule has 0 aromatic heterocycles. The number of hydrogen-bond acceptors (Lipinski definition) is 3. The molecule has 1 fully saturated rings. The number of likely N-dealkylation sites (tertiary alicyclic amines) is 1. The van der Waals surface area contributed by atoms with Gasteiger partial charge in [-0.1, -0.05) is 72.8 Å². The second-order valence-corrected chi connectivity index (χ2v) is 9.04. The van der Waals surface area contributed by atoms with Crippen LogP contribution < -0.4 is 10.6 Å². The van der Waals surface area contributed by atoms with Crippen LogP contribution in [0.5, 0.6) is 0 Å². The summed E-state index contributed by atoms with van der Waals surface area (Å²) >= 11 is 0. The average molecular weight is 470 g/mol. The van der Waals surface area contributed by atoms with E-state index in [4.69, 9.17) is 0 Å². The fraction of sp³-hybridized carbons (Fsp3) is 0.276. The van der Waals surface area contributed by atoms with E-state index in [0.29, 0.717) is 25.1 Å². The van der Waals surface area contributed by atoms with Crippen LogP contribution in [0.25, 0.3) is 0 Å². The summed E-state index contributed by atoms with van der Waals surface area (Å²) in [7, 11) is 0. The Bertz CT molecular complexity index is 1180. The van der Waals surface area contributed by atoms with Crippen LogP contribution in [0.3, 0.4) is 0 Å². The number of nitrogens with zero attached hydrogens (tertiary/aromatic N) is 1. The smallest absolute Gasteiger partial charge is 0.226 e. The van der Waals surface area contributed by atoms with Crippen molar-refractivity contribution in [2.75, 3.05) is 5.32 Å². The molecule has 1 aliphatic heterocycles. The molecule has 0 bridgehead atoms. The van der Waals surface area contributed by atoms with E-state index < -0.39 is 0 Å². The molecule has 6 nitrogen and oxygen atoms in total. The number of hydrogen-bond donors (Lipinski definition) is 2. The van der Waals surface area contributed by atoms with Crippen LogP contribution in [0.4, 0.5) is 5.69 Å². The molecule has 3 aromatic carbocycles. The topological polar surface area (TPSA) is 78.5 Å². The van der Waals surface area contributed by atoms with Gasteiger partial charge in [0.05, 0.1) is 18.0 Å². The molecule has 1 aliphatic rings. The van der Waals surface area contributed by atoms with Gasteiger partial charge < -0.3 is 15.5 Å². The molecule has 3 amide bonds. The molecule has 3 aromatic rings. The average Bonchev–Trinajstić information content (AvgIpc) is 2.86. The minimum absolute atomic E-state index is 0.0582. The van der Waals surface area contributed by atoms with Crippen LogP contribution in [-0.4, -0.2) is 22.6 Å². The molecule has 2 N–H and O–H groups in total. The summed E-state index contributed by atoms with van der Waals surface area (Å²) in [5.74, 6) is -0.542. The molecule has 0 spiro atoms. The van der Waals surface area contributed by atoms with Gasteiger partial charge in [-0.05, 0) is 42.2 Å². The molecular formula is C29H31N3O3. The molecule has 3 atom stereocenters. The first-order valence-corrected chi connectivity index (χ1v) is 12.0. The molecule has 6 heteroatoms. The highest BCUT2D eigenvalue weighted by Gasteiger charge is 2.40. The molecule has 0 saturated carbocycles. The van der Waals surface area contributed by atoms with Crippen molar-refractivity contribution in [1.29, 1.82) is 0 Å². The van der Waals surface area contributed by atoms with Crippen molar-refractivity contribution >= 4 is 23.4 Å². The van der Waals surface area contributed by atoms with Gasteiger partial charge >= 0.3 is 0 Å². The van der Waals surface area contributed by atoms with Crippen molar-refractivity contribution in [3.05, 3.63) is 102 Å². The summed E-state index contributed by atoms with van der Waals surface area (Å²) in [5, 5.41) is 5.94. The lowest BCUT2D eigenvalue weighted by Crippen LogP contribution is -2.48. The zero-order valence-corrected chi connectivity index (χ0v) is 20.1. The van der Waals surface area contributed by atoms with Crippen molar-refractivity contribution < 1.29 is 14.4 Å². The molecule has 4 rings (SSSR count). The van der Waals surface area contributed by atoms with Crippen molar-refractivity contribution in [2.45, 2.75) is 45.3 Å². The van der Waals surface area contributed by atoms with Crippen LogP contribution in [0.15, 0.2) is 84.9 Å². The second kappa shape index (κ2) is 11.0. The minimum Gasteiger partial charge on any atom is -0.349 e. The number of nitrogens with one attached hydrogen (secondary N) is 2. The highest BCUT2D eigenvalue weighted by atomic mass is 16.2. The highest BCUT2D eigenvalue weighted by Crippen LogP contribution is 2.38. The van der Waals surface area contributed by atoms with E-state index in [9.17, 15) is 14.4 Å². The van der Waals surface area contributed by atoms with Gasteiger partial charge in [0.1, 0.15) is 0 Å². The maximum absolute atomic E-state index is 13.6. The largest absolute Gasteiger partial charge is 0.349 e. The molecule has 35 heavy (non-hydrogen) atoms. The molecule has 0 radical (unpaired) electrons. The van der Waals surface area contributed by atoms with E-state index >= 15 is 0 Å². The van der Waals surface area contributed by atoms with E-state index in [1.54, 1.807) is 0 Å². The summed E-state index contributed by atoms with van der Waals surface area (Å²) < 4.78 is 0. The van der Waals surface area contributed by atoms with Crippen molar-refractivity contribution in [1.82, 2.24) is 10.2 Å². The van der Waals surface area contributed by atoms with E-state index in [2.05, 4.69) is 10.6 Å². The Morgan fingerprint density at radius 2 is 1.66 bits per heavy atom. The van der Waals surface area contributed by atoms with Crippen molar-refractivity contribution in [3.63, 3.8) is 0 Å². The van der Waals surface area contributed by atoms with Crippen LogP contribution in [0.2, 0.25) is 0 Å². The van der Waals surface area contributed by atoms with Gasteiger partial charge in [0.15, 0.2) is 0 Å². The molecule has 1 saturated heterocycles. The summed E-state index contributed by atoms with van der Waals surface area (Å²) in [4.78, 5) is 40.0. The zero-order chi connectivity index (χ0) is 24.8. The van der Waals surface area contributed by atoms with Gasteiger partial charge in [-0.3, -0.25) is 14.4 Å². The number of rotatable bonds is 7. The molecule has 1 heterocycles. The van der Waals surface area contributed by atoms with Crippen LogP contribution in [-0.2, 0) is 20.9 Å². The number of benzene rings is 3. The Hall–Kier alpha value is -3.93. The predicted molar refractivity (Wildman–Crippen MR) is 136 cm³/mol.